The third-order valence-electron chi connectivity index (χ3n) is 3.90. The third-order valence-corrected chi connectivity index (χ3v) is 3.90. The van der Waals surface area contributed by atoms with E-state index in [4.69, 9.17) is 9.84 Å². The van der Waals surface area contributed by atoms with Gasteiger partial charge in [-0.05, 0) is 24.5 Å². The van der Waals surface area contributed by atoms with Crippen molar-refractivity contribution < 1.29 is 19.4 Å². The number of benzene rings is 1. The van der Waals surface area contributed by atoms with Crippen LogP contribution in [0.2, 0.25) is 0 Å². The fourth-order valence-corrected chi connectivity index (χ4v) is 2.75. The Labute approximate surface area is 130 Å². The lowest BCUT2D eigenvalue weighted by Gasteiger charge is -2.18. The van der Waals surface area contributed by atoms with Crippen LogP contribution >= 0.6 is 0 Å². The van der Waals surface area contributed by atoms with Crippen LogP contribution in [0.15, 0.2) is 24.3 Å². The number of amides is 2. The van der Waals surface area contributed by atoms with Crippen LogP contribution in [0.5, 0.6) is 5.75 Å². The van der Waals surface area contributed by atoms with E-state index in [1.807, 2.05) is 24.3 Å². The summed E-state index contributed by atoms with van der Waals surface area (Å²) in [6, 6.07) is 7.76. The molecule has 1 fully saturated rings. The first kappa shape index (κ1) is 16.1. The van der Waals surface area contributed by atoms with Crippen LogP contribution in [0.3, 0.4) is 0 Å². The van der Waals surface area contributed by atoms with E-state index < -0.39 is 5.97 Å². The van der Waals surface area contributed by atoms with Crippen molar-refractivity contribution >= 4 is 12.0 Å². The summed E-state index contributed by atoms with van der Waals surface area (Å²) < 4.78 is 5.38. The maximum atomic E-state index is 12.1. The van der Waals surface area contributed by atoms with Crippen LogP contribution < -0.4 is 10.1 Å². The molecule has 2 N–H and O–H groups in total. The summed E-state index contributed by atoms with van der Waals surface area (Å²) in [6.07, 6.45) is 1.43. The van der Waals surface area contributed by atoms with Crippen LogP contribution in [0, 0.1) is 0 Å². The molecule has 6 nitrogen and oxygen atoms in total. The maximum Gasteiger partial charge on any atom is 0.317 e. The van der Waals surface area contributed by atoms with E-state index in [0.29, 0.717) is 26.1 Å². The second-order valence-corrected chi connectivity index (χ2v) is 5.40. The SMILES string of the molecule is COc1ccccc1C1CCN(C(=O)NCCCC(=O)O)C1. The molecule has 1 atom stereocenters. The Kier molecular flexibility index (Phi) is 5.63. The summed E-state index contributed by atoms with van der Waals surface area (Å²) >= 11 is 0. The minimum absolute atomic E-state index is 0.0735. The van der Waals surface area contributed by atoms with E-state index in [1.54, 1.807) is 12.0 Å². The molecule has 0 bridgehead atoms. The molecule has 1 aromatic carbocycles. The number of urea groups is 1. The van der Waals surface area contributed by atoms with E-state index in [1.165, 1.54) is 0 Å². The van der Waals surface area contributed by atoms with E-state index >= 15 is 0 Å². The molecule has 120 valence electrons. The zero-order valence-corrected chi connectivity index (χ0v) is 12.7. The predicted octanol–water partition coefficient (Wildman–Crippen LogP) is 2.06. The standard InChI is InChI=1S/C16H22N2O4/c1-22-14-6-3-2-5-13(14)12-8-10-18(11-12)16(21)17-9-4-7-15(19)20/h2-3,5-6,12H,4,7-11H2,1H3,(H,17,21)(H,19,20). The number of carbonyl (C=O) groups is 2. The van der Waals surface area contributed by atoms with Crippen molar-refractivity contribution in [3.63, 3.8) is 0 Å². The molecule has 1 aromatic rings. The first-order chi connectivity index (χ1) is 10.6. The van der Waals surface area contributed by atoms with Gasteiger partial charge in [0.25, 0.3) is 0 Å². The number of aliphatic carboxylic acids is 1. The Morgan fingerprint density at radius 2 is 2.18 bits per heavy atom. The number of methoxy groups -OCH3 is 1. The molecule has 1 aliphatic rings. The summed E-state index contributed by atoms with van der Waals surface area (Å²) in [5.41, 5.74) is 1.13. The van der Waals surface area contributed by atoms with Crippen molar-refractivity contribution in [1.29, 1.82) is 0 Å². The van der Waals surface area contributed by atoms with Crippen molar-refractivity contribution in [2.75, 3.05) is 26.7 Å². The van der Waals surface area contributed by atoms with Crippen molar-refractivity contribution in [2.24, 2.45) is 0 Å². The molecule has 22 heavy (non-hydrogen) atoms. The second kappa shape index (κ2) is 7.68. The quantitative estimate of drug-likeness (QED) is 0.789. The molecule has 0 aliphatic carbocycles. The van der Waals surface area contributed by atoms with Gasteiger partial charge in [-0.15, -0.1) is 0 Å². The fraction of sp³-hybridized carbons (Fsp3) is 0.500. The van der Waals surface area contributed by atoms with Crippen molar-refractivity contribution in [3.05, 3.63) is 29.8 Å². The highest BCUT2D eigenvalue weighted by Gasteiger charge is 2.28. The molecule has 0 spiro atoms. The molecule has 0 radical (unpaired) electrons. The van der Waals surface area contributed by atoms with E-state index in [-0.39, 0.29) is 18.4 Å². The Morgan fingerprint density at radius 3 is 2.91 bits per heavy atom. The number of nitrogens with one attached hydrogen (secondary N) is 1. The number of carbonyl (C=O) groups excluding carboxylic acids is 1. The fourth-order valence-electron chi connectivity index (χ4n) is 2.75. The van der Waals surface area contributed by atoms with Crippen molar-refractivity contribution in [3.8, 4) is 5.75 Å². The Balaban J connectivity index is 1.84. The molecule has 0 aromatic heterocycles. The van der Waals surface area contributed by atoms with Crippen LogP contribution in [0.25, 0.3) is 0 Å². The van der Waals surface area contributed by atoms with Gasteiger partial charge in [0, 0.05) is 32.0 Å². The van der Waals surface area contributed by atoms with Gasteiger partial charge >= 0.3 is 12.0 Å². The van der Waals surface area contributed by atoms with E-state index in [2.05, 4.69) is 5.32 Å². The molecule has 1 heterocycles. The first-order valence-electron chi connectivity index (χ1n) is 7.49. The molecule has 2 amide bonds. The first-order valence-corrected chi connectivity index (χ1v) is 7.49. The zero-order valence-electron chi connectivity index (χ0n) is 12.7. The minimum Gasteiger partial charge on any atom is -0.496 e. The third kappa shape index (κ3) is 4.13. The average molecular weight is 306 g/mol. The molecular weight excluding hydrogens is 284 g/mol. The summed E-state index contributed by atoms with van der Waals surface area (Å²) in [5.74, 6) is 0.295. The Morgan fingerprint density at radius 1 is 1.41 bits per heavy atom. The van der Waals surface area contributed by atoms with Crippen LogP contribution in [0.4, 0.5) is 4.79 Å². The second-order valence-electron chi connectivity index (χ2n) is 5.40. The van der Waals surface area contributed by atoms with Gasteiger partial charge in [-0.2, -0.15) is 0 Å². The normalized spacial score (nSPS) is 17.3. The summed E-state index contributed by atoms with van der Waals surface area (Å²) in [5, 5.41) is 11.3. The van der Waals surface area contributed by atoms with Gasteiger partial charge in [-0.3, -0.25) is 4.79 Å². The minimum atomic E-state index is -0.841. The molecule has 6 heteroatoms. The highest BCUT2D eigenvalue weighted by Crippen LogP contribution is 2.33. The lowest BCUT2D eigenvalue weighted by Crippen LogP contribution is -2.38. The predicted molar refractivity (Wildman–Crippen MR) is 82.2 cm³/mol. The number of hydrogen-bond donors (Lipinski definition) is 2. The molecule has 1 aliphatic heterocycles. The lowest BCUT2D eigenvalue weighted by atomic mass is 9.97. The largest absolute Gasteiger partial charge is 0.496 e. The Bertz CT molecular complexity index is 533. The molecule has 2 rings (SSSR count). The molecule has 1 unspecified atom stereocenters. The zero-order chi connectivity index (χ0) is 15.9. The van der Waals surface area contributed by atoms with Crippen LogP contribution in [-0.4, -0.2) is 48.8 Å². The van der Waals surface area contributed by atoms with Gasteiger partial charge in [0.05, 0.1) is 7.11 Å². The Hall–Kier alpha value is -2.24. The van der Waals surface area contributed by atoms with Gasteiger partial charge in [0.1, 0.15) is 5.75 Å². The number of rotatable bonds is 6. The number of ether oxygens (including phenoxy) is 1. The van der Waals surface area contributed by atoms with Gasteiger partial charge in [0.2, 0.25) is 0 Å². The maximum absolute atomic E-state index is 12.1. The van der Waals surface area contributed by atoms with E-state index in [0.717, 1.165) is 17.7 Å². The summed E-state index contributed by atoms with van der Waals surface area (Å²) in [6.45, 7) is 1.75. The van der Waals surface area contributed by atoms with Gasteiger partial charge in [-0.1, -0.05) is 18.2 Å². The van der Waals surface area contributed by atoms with Crippen LogP contribution in [-0.2, 0) is 4.79 Å². The highest BCUT2D eigenvalue weighted by molar-refractivity contribution is 5.74. The van der Waals surface area contributed by atoms with Crippen molar-refractivity contribution in [2.45, 2.75) is 25.2 Å². The van der Waals surface area contributed by atoms with Gasteiger partial charge < -0.3 is 20.1 Å². The monoisotopic (exact) mass is 306 g/mol. The highest BCUT2D eigenvalue weighted by atomic mass is 16.5. The average Bonchev–Trinajstić information content (AvgIpc) is 3.01. The number of para-hydroxylation sites is 1. The molecule has 0 saturated carbocycles. The van der Waals surface area contributed by atoms with Gasteiger partial charge in [0.15, 0.2) is 0 Å². The van der Waals surface area contributed by atoms with E-state index in [9.17, 15) is 9.59 Å². The number of nitrogens with zero attached hydrogens (tertiary/aromatic N) is 1. The summed E-state index contributed by atoms with van der Waals surface area (Å²) in [7, 11) is 1.65. The number of hydrogen-bond acceptors (Lipinski definition) is 3. The topological polar surface area (TPSA) is 78.9 Å². The molecular formula is C16H22N2O4. The summed E-state index contributed by atoms with van der Waals surface area (Å²) in [4.78, 5) is 24.3. The molecule has 1 saturated heterocycles. The number of carboxylic acid groups (broad SMARTS) is 1. The smallest absolute Gasteiger partial charge is 0.317 e. The van der Waals surface area contributed by atoms with Gasteiger partial charge in [-0.25, -0.2) is 4.79 Å². The lowest BCUT2D eigenvalue weighted by molar-refractivity contribution is -0.137. The van der Waals surface area contributed by atoms with Crippen LogP contribution in [0.1, 0.15) is 30.7 Å². The van der Waals surface area contributed by atoms with Crippen molar-refractivity contribution in [1.82, 2.24) is 10.2 Å². The number of carboxylic acids is 1. The number of likely N-dealkylation sites (tertiary alicyclic amines) is 1.